The molecule has 1 aromatic carbocycles. The van der Waals surface area contributed by atoms with Crippen molar-refractivity contribution in [1.29, 1.82) is 0 Å². The zero-order chi connectivity index (χ0) is 33.7. The number of aliphatic carboxylic acids is 2. The average molecular weight is 660 g/mol. The first-order valence-electron chi connectivity index (χ1n) is 13.8. The summed E-state index contributed by atoms with van der Waals surface area (Å²) in [5, 5.41) is 18.2. The summed E-state index contributed by atoms with van der Waals surface area (Å²) in [5.41, 5.74) is 2.93. The Kier molecular flexibility index (Phi) is 12.1. The lowest BCUT2D eigenvalue weighted by Gasteiger charge is -2.60. The Morgan fingerprint density at radius 3 is 1.89 bits per heavy atom. The van der Waals surface area contributed by atoms with Crippen LogP contribution < -0.4 is 10.0 Å². The third-order valence-electron chi connectivity index (χ3n) is 7.32. The molecule has 44 heavy (non-hydrogen) atoms. The van der Waals surface area contributed by atoms with Gasteiger partial charge in [0, 0.05) is 37.3 Å². The summed E-state index contributed by atoms with van der Waals surface area (Å²) in [6.07, 6.45) is -1.64. The third-order valence-corrected chi connectivity index (χ3v) is 8.24. The second-order valence-corrected chi connectivity index (χ2v) is 14.0. The molecule has 1 aromatic rings. The lowest BCUT2D eigenvalue weighted by molar-refractivity contribution is -0.193. The van der Waals surface area contributed by atoms with Crippen LogP contribution in [0.1, 0.15) is 52.0 Å². The molecule has 2 saturated carbocycles. The molecular formula is C28H39F6N3O6S. The monoisotopic (exact) mass is 659 g/mol. The molecule has 0 aromatic heterocycles. The summed E-state index contributed by atoms with van der Waals surface area (Å²) in [5.74, 6) is -4.81. The van der Waals surface area contributed by atoms with Gasteiger partial charge in [0.05, 0.1) is 6.26 Å². The van der Waals surface area contributed by atoms with Crippen molar-refractivity contribution in [2.45, 2.75) is 76.4 Å². The number of carbonyl (C=O) groups is 2. The largest absolute Gasteiger partial charge is 0.490 e. The number of alkyl halides is 6. The summed E-state index contributed by atoms with van der Waals surface area (Å²) in [4.78, 5) is 20.2. The second kappa shape index (κ2) is 14.2. The van der Waals surface area contributed by atoms with E-state index >= 15 is 0 Å². The van der Waals surface area contributed by atoms with Crippen LogP contribution in [0.15, 0.2) is 35.9 Å². The molecule has 250 valence electrons. The zero-order valence-electron chi connectivity index (χ0n) is 24.8. The van der Waals surface area contributed by atoms with E-state index in [0.717, 1.165) is 26.1 Å². The highest BCUT2D eigenvalue weighted by Crippen LogP contribution is 2.50. The smallest absolute Gasteiger partial charge is 0.475 e. The van der Waals surface area contributed by atoms with E-state index in [0.29, 0.717) is 23.4 Å². The Labute approximate surface area is 252 Å². The van der Waals surface area contributed by atoms with Gasteiger partial charge in [-0.1, -0.05) is 48.9 Å². The Morgan fingerprint density at radius 1 is 1.00 bits per heavy atom. The number of benzene rings is 1. The summed E-state index contributed by atoms with van der Waals surface area (Å²) in [7, 11) is -3.17. The first-order valence-corrected chi connectivity index (χ1v) is 15.7. The van der Waals surface area contributed by atoms with E-state index in [1.54, 1.807) is 5.57 Å². The molecule has 1 spiro atoms. The van der Waals surface area contributed by atoms with Gasteiger partial charge in [0.1, 0.15) is 0 Å². The van der Waals surface area contributed by atoms with Crippen molar-refractivity contribution in [3.05, 3.63) is 41.5 Å². The first kappa shape index (κ1) is 37.5. The van der Waals surface area contributed by atoms with Gasteiger partial charge in [0.15, 0.2) is 0 Å². The molecule has 2 aliphatic carbocycles. The highest BCUT2D eigenvalue weighted by Gasteiger charge is 2.54. The highest BCUT2D eigenvalue weighted by atomic mass is 32.2. The van der Waals surface area contributed by atoms with Crippen LogP contribution in [-0.2, 0) is 19.6 Å². The number of nitrogens with zero attached hydrogens (tertiary/aromatic N) is 1. The van der Waals surface area contributed by atoms with Gasteiger partial charge >= 0.3 is 24.3 Å². The van der Waals surface area contributed by atoms with Crippen molar-refractivity contribution >= 4 is 28.0 Å². The number of sulfonamides is 1. The van der Waals surface area contributed by atoms with Crippen LogP contribution in [0.3, 0.4) is 0 Å². The van der Waals surface area contributed by atoms with Gasteiger partial charge in [-0.15, -0.1) is 0 Å². The molecule has 2 atom stereocenters. The molecule has 4 N–H and O–H groups in total. The minimum absolute atomic E-state index is 0.417. The van der Waals surface area contributed by atoms with Crippen LogP contribution in [0.25, 0.3) is 6.08 Å². The number of carboxylic acid groups (broad SMARTS) is 2. The Balaban J connectivity index is 0.000000402. The molecular weight excluding hydrogens is 620 g/mol. The average Bonchev–Trinajstić information content (AvgIpc) is 3.57. The molecule has 0 bridgehead atoms. The Hall–Kier alpha value is -2.69. The van der Waals surface area contributed by atoms with E-state index in [1.807, 2.05) is 13.8 Å². The summed E-state index contributed by atoms with van der Waals surface area (Å²) < 4.78 is 89.3. The predicted octanol–water partition coefficient (Wildman–Crippen LogP) is 4.52. The number of carboxylic acids is 2. The zero-order valence-corrected chi connectivity index (χ0v) is 25.6. The van der Waals surface area contributed by atoms with E-state index < -0.39 is 39.9 Å². The van der Waals surface area contributed by atoms with Crippen LogP contribution in [0, 0.1) is 11.3 Å². The van der Waals surface area contributed by atoms with Gasteiger partial charge in [0.25, 0.3) is 0 Å². The fraction of sp³-hybridized carbons (Fsp3) is 0.643. The fourth-order valence-electron chi connectivity index (χ4n) is 5.80. The Morgan fingerprint density at radius 2 is 1.48 bits per heavy atom. The van der Waals surface area contributed by atoms with Crippen LogP contribution in [0.5, 0.6) is 0 Å². The van der Waals surface area contributed by atoms with Crippen LogP contribution >= 0.6 is 0 Å². The molecule has 3 aliphatic rings. The number of nitrogens with one attached hydrogen (secondary N) is 2. The van der Waals surface area contributed by atoms with Gasteiger partial charge in [-0.25, -0.2) is 22.7 Å². The molecule has 0 radical (unpaired) electrons. The number of hydrogen-bond acceptors (Lipinski definition) is 6. The molecule has 0 unspecified atom stereocenters. The SMILES string of the molecule is CC/C(=C\c1ccccc1)[C@@H]1C[C@H]1NC1CC2(C1)CN(CC(C)(C)NS(C)(=O)=O)C2.O=C(O)C(F)(F)F.O=C(O)C(F)(F)F. The molecule has 0 amide bonds. The molecule has 9 nitrogen and oxygen atoms in total. The Bertz CT molecular complexity index is 1250. The number of rotatable bonds is 9. The summed E-state index contributed by atoms with van der Waals surface area (Å²) in [6.45, 7) is 9.17. The van der Waals surface area contributed by atoms with Crippen LogP contribution in [-0.4, -0.2) is 91.3 Å². The predicted molar refractivity (Wildman–Crippen MR) is 151 cm³/mol. The quantitative estimate of drug-likeness (QED) is 0.285. The van der Waals surface area contributed by atoms with Crippen LogP contribution in [0.2, 0.25) is 0 Å². The molecule has 1 saturated heterocycles. The van der Waals surface area contributed by atoms with Gasteiger partial charge in [-0.05, 0) is 56.4 Å². The van der Waals surface area contributed by atoms with Gasteiger partial charge < -0.3 is 20.4 Å². The minimum Gasteiger partial charge on any atom is -0.475 e. The standard InChI is InChI=1S/C24H37N3O2S.2C2HF3O2/c1-5-19(11-18-9-7-6-8-10-18)21-12-22(21)25-20-13-24(14-20)16-27(17-24)15-23(2,3)26-30(4,28)29;2*3-2(4,5)1(6)7/h6-11,20-22,25-26H,5,12-17H2,1-4H3;2*(H,6,7)/b19-11+;;/t21-,22+;;/m0../s1. The van der Waals surface area contributed by atoms with E-state index in [2.05, 4.69) is 58.3 Å². The van der Waals surface area contributed by atoms with E-state index in [9.17, 15) is 34.8 Å². The van der Waals surface area contributed by atoms with E-state index in [-0.39, 0.29) is 0 Å². The van der Waals surface area contributed by atoms with Gasteiger partial charge in [-0.2, -0.15) is 26.3 Å². The van der Waals surface area contributed by atoms with Gasteiger partial charge in [-0.3, -0.25) is 0 Å². The maximum atomic E-state index is 11.5. The molecule has 3 fully saturated rings. The molecule has 16 heteroatoms. The van der Waals surface area contributed by atoms with Gasteiger partial charge in [0.2, 0.25) is 10.0 Å². The molecule has 1 heterocycles. The molecule has 1 aliphatic heterocycles. The number of hydrogen-bond donors (Lipinski definition) is 4. The van der Waals surface area contributed by atoms with Crippen LogP contribution in [0.4, 0.5) is 26.3 Å². The van der Waals surface area contributed by atoms with Crippen molar-refractivity contribution in [3.63, 3.8) is 0 Å². The van der Waals surface area contributed by atoms with Crippen molar-refractivity contribution in [1.82, 2.24) is 14.9 Å². The van der Waals surface area contributed by atoms with Crippen molar-refractivity contribution < 1.29 is 54.6 Å². The lowest BCUT2D eigenvalue weighted by Crippen LogP contribution is -2.68. The maximum Gasteiger partial charge on any atom is 0.490 e. The first-order chi connectivity index (χ1) is 20.0. The lowest BCUT2D eigenvalue weighted by atomic mass is 9.60. The summed E-state index contributed by atoms with van der Waals surface area (Å²) in [6, 6.07) is 12.0. The van der Waals surface area contributed by atoms with Crippen molar-refractivity contribution in [3.8, 4) is 0 Å². The van der Waals surface area contributed by atoms with E-state index in [4.69, 9.17) is 19.8 Å². The second-order valence-electron chi connectivity index (χ2n) is 12.2. The normalized spacial score (nSPS) is 22.0. The summed E-state index contributed by atoms with van der Waals surface area (Å²) >= 11 is 0. The highest BCUT2D eigenvalue weighted by molar-refractivity contribution is 7.88. The fourth-order valence-corrected chi connectivity index (χ4v) is 6.86. The number of halogens is 6. The topological polar surface area (TPSA) is 136 Å². The van der Waals surface area contributed by atoms with E-state index in [1.165, 1.54) is 31.1 Å². The maximum absolute atomic E-state index is 11.5. The van der Waals surface area contributed by atoms with Crippen molar-refractivity contribution in [2.75, 3.05) is 25.9 Å². The van der Waals surface area contributed by atoms with Crippen molar-refractivity contribution in [2.24, 2.45) is 11.3 Å². The molecule has 4 rings (SSSR count). The third kappa shape index (κ3) is 12.4. The minimum atomic E-state index is -5.08. The number of likely N-dealkylation sites (tertiary alicyclic amines) is 1.